The Morgan fingerprint density at radius 1 is 0.848 bits per heavy atom. The van der Waals surface area contributed by atoms with Crippen LogP contribution in [0.15, 0.2) is 96.1 Å². The SMILES string of the molecule is CCOc1ccc(C(=O)Oc2ccc(/C=N\NC(=O)c3cccc4ccccc34)cc2)cc1. The van der Waals surface area contributed by atoms with Gasteiger partial charge in [0.1, 0.15) is 11.5 Å². The van der Waals surface area contributed by atoms with Crippen molar-refractivity contribution in [3.63, 3.8) is 0 Å². The van der Waals surface area contributed by atoms with Crippen molar-refractivity contribution in [1.29, 1.82) is 0 Å². The lowest BCUT2D eigenvalue weighted by molar-refractivity contribution is 0.0734. The van der Waals surface area contributed by atoms with Gasteiger partial charge in [0.2, 0.25) is 0 Å². The molecular weight excluding hydrogens is 416 g/mol. The molecule has 33 heavy (non-hydrogen) atoms. The third-order valence-corrected chi connectivity index (χ3v) is 4.91. The van der Waals surface area contributed by atoms with Crippen molar-refractivity contribution >= 4 is 28.9 Å². The number of fused-ring (bicyclic) bond motifs is 1. The highest BCUT2D eigenvalue weighted by atomic mass is 16.5. The van der Waals surface area contributed by atoms with E-state index in [9.17, 15) is 9.59 Å². The Morgan fingerprint density at radius 2 is 1.55 bits per heavy atom. The summed E-state index contributed by atoms with van der Waals surface area (Å²) in [5.74, 6) is 0.363. The number of ether oxygens (including phenoxy) is 2. The zero-order valence-corrected chi connectivity index (χ0v) is 18.0. The van der Waals surface area contributed by atoms with E-state index >= 15 is 0 Å². The molecule has 0 saturated heterocycles. The minimum absolute atomic E-state index is 0.288. The first-order valence-corrected chi connectivity index (χ1v) is 10.5. The summed E-state index contributed by atoms with van der Waals surface area (Å²) in [5, 5.41) is 5.90. The third-order valence-electron chi connectivity index (χ3n) is 4.91. The molecule has 0 atom stereocenters. The molecule has 4 aromatic carbocycles. The molecule has 0 spiro atoms. The van der Waals surface area contributed by atoms with Crippen molar-refractivity contribution < 1.29 is 19.1 Å². The van der Waals surface area contributed by atoms with Gasteiger partial charge in [-0.2, -0.15) is 5.10 Å². The van der Waals surface area contributed by atoms with Crippen molar-refractivity contribution in [3.8, 4) is 11.5 Å². The van der Waals surface area contributed by atoms with Gasteiger partial charge in [-0.25, -0.2) is 10.2 Å². The van der Waals surface area contributed by atoms with Crippen molar-refractivity contribution in [3.05, 3.63) is 108 Å². The maximum atomic E-state index is 12.5. The number of hydrogen-bond acceptors (Lipinski definition) is 5. The van der Waals surface area contributed by atoms with Crippen LogP contribution in [-0.4, -0.2) is 24.7 Å². The van der Waals surface area contributed by atoms with Crippen LogP contribution in [0.4, 0.5) is 0 Å². The first kappa shape index (κ1) is 21.8. The van der Waals surface area contributed by atoms with Crippen LogP contribution in [0.25, 0.3) is 10.8 Å². The van der Waals surface area contributed by atoms with E-state index in [1.165, 1.54) is 6.21 Å². The van der Waals surface area contributed by atoms with Gasteiger partial charge in [-0.15, -0.1) is 0 Å². The monoisotopic (exact) mass is 438 g/mol. The molecule has 0 fully saturated rings. The van der Waals surface area contributed by atoms with Crippen LogP contribution >= 0.6 is 0 Å². The zero-order valence-electron chi connectivity index (χ0n) is 18.0. The van der Waals surface area contributed by atoms with E-state index in [4.69, 9.17) is 9.47 Å². The van der Waals surface area contributed by atoms with Crippen molar-refractivity contribution in [1.82, 2.24) is 5.43 Å². The van der Waals surface area contributed by atoms with Crippen molar-refractivity contribution in [2.75, 3.05) is 6.61 Å². The molecule has 0 heterocycles. The second-order valence-corrected chi connectivity index (χ2v) is 7.14. The minimum Gasteiger partial charge on any atom is -0.494 e. The summed E-state index contributed by atoms with van der Waals surface area (Å²) in [6, 6.07) is 26.9. The van der Waals surface area contributed by atoms with Crippen LogP contribution in [0.3, 0.4) is 0 Å². The summed E-state index contributed by atoms with van der Waals surface area (Å²) < 4.78 is 10.8. The van der Waals surface area contributed by atoms with Crippen LogP contribution < -0.4 is 14.9 Å². The van der Waals surface area contributed by atoms with E-state index in [0.717, 1.165) is 16.3 Å². The molecule has 0 saturated carbocycles. The van der Waals surface area contributed by atoms with Gasteiger partial charge in [0.15, 0.2) is 0 Å². The summed E-state index contributed by atoms with van der Waals surface area (Å²) in [5.41, 5.74) is 4.29. The van der Waals surface area contributed by atoms with Crippen LogP contribution in [0, 0.1) is 0 Å². The Bertz CT molecular complexity index is 1290. The third kappa shape index (κ3) is 5.43. The molecular formula is C27H22N2O4. The van der Waals surface area contributed by atoms with Gasteiger partial charge in [-0.1, -0.05) is 36.4 Å². The number of amides is 1. The Hall–Kier alpha value is -4.45. The molecule has 0 bridgehead atoms. The first-order valence-electron chi connectivity index (χ1n) is 10.5. The van der Waals surface area contributed by atoms with E-state index < -0.39 is 5.97 Å². The molecule has 0 aliphatic rings. The largest absolute Gasteiger partial charge is 0.494 e. The van der Waals surface area contributed by atoms with Gasteiger partial charge in [0, 0.05) is 5.56 Å². The lowest BCUT2D eigenvalue weighted by atomic mass is 10.0. The maximum absolute atomic E-state index is 12.5. The lowest BCUT2D eigenvalue weighted by Crippen LogP contribution is -2.17. The molecule has 6 heteroatoms. The van der Waals surface area contributed by atoms with Crippen molar-refractivity contribution in [2.24, 2.45) is 5.10 Å². The molecule has 4 rings (SSSR count). The molecule has 0 aliphatic heterocycles. The molecule has 0 aliphatic carbocycles. The fourth-order valence-corrected chi connectivity index (χ4v) is 3.29. The maximum Gasteiger partial charge on any atom is 0.343 e. The second-order valence-electron chi connectivity index (χ2n) is 7.14. The molecule has 164 valence electrons. The number of rotatable bonds is 7. The Labute approximate surface area is 191 Å². The number of hydrazone groups is 1. The summed E-state index contributed by atoms with van der Waals surface area (Å²) in [6.45, 7) is 2.46. The van der Waals surface area contributed by atoms with Gasteiger partial charge in [0.25, 0.3) is 5.91 Å². The number of carbonyl (C=O) groups is 2. The molecule has 4 aromatic rings. The fraction of sp³-hybridized carbons (Fsp3) is 0.0741. The average Bonchev–Trinajstić information content (AvgIpc) is 2.85. The van der Waals surface area contributed by atoms with E-state index in [1.807, 2.05) is 43.3 Å². The molecule has 1 N–H and O–H groups in total. The number of carbonyl (C=O) groups excluding carboxylic acids is 2. The Balaban J connectivity index is 1.35. The van der Waals surface area contributed by atoms with Gasteiger partial charge in [-0.05, 0) is 77.9 Å². The number of hydrogen-bond donors (Lipinski definition) is 1. The molecule has 0 unspecified atom stereocenters. The highest BCUT2D eigenvalue weighted by molar-refractivity contribution is 6.07. The Morgan fingerprint density at radius 3 is 2.30 bits per heavy atom. The zero-order chi connectivity index (χ0) is 23.0. The smallest absolute Gasteiger partial charge is 0.343 e. The van der Waals surface area contributed by atoms with Gasteiger partial charge in [-0.3, -0.25) is 4.79 Å². The predicted octanol–water partition coefficient (Wildman–Crippen LogP) is 5.22. The molecule has 0 aromatic heterocycles. The fourth-order valence-electron chi connectivity index (χ4n) is 3.29. The van der Waals surface area contributed by atoms with Gasteiger partial charge in [0.05, 0.1) is 18.4 Å². The van der Waals surface area contributed by atoms with E-state index in [0.29, 0.717) is 29.2 Å². The average molecular weight is 438 g/mol. The lowest BCUT2D eigenvalue weighted by Gasteiger charge is -2.06. The first-order chi connectivity index (χ1) is 16.1. The van der Waals surface area contributed by atoms with E-state index in [2.05, 4.69) is 10.5 Å². The standard InChI is InChI=1S/C27H22N2O4/c1-2-32-22-16-12-21(13-17-22)27(31)33-23-14-10-19(11-15-23)18-28-29-26(30)25-9-5-7-20-6-3-4-8-24(20)25/h3-18H,2H2,1H3,(H,29,30)/b28-18-. The molecule has 0 radical (unpaired) electrons. The van der Waals surface area contributed by atoms with E-state index in [1.54, 1.807) is 54.6 Å². The van der Waals surface area contributed by atoms with E-state index in [-0.39, 0.29) is 5.91 Å². The Kier molecular flexibility index (Phi) is 6.75. The predicted molar refractivity (Wildman–Crippen MR) is 128 cm³/mol. The van der Waals surface area contributed by atoms with Crippen LogP contribution in [-0.2, 0) is 0 Å². The number of nitrogens with zero attached hydrogens (tertiary/aromatic N) is 1. The summed E-state index contributed by atoms with van der Waals surface area (Å²) >= 11 is 0. The minimum atomic E-state index is -0.457. The highest BCUT2D eigenvalue weighted by Crippen LogP contribution is 2.19. The van der Waals surface area contributed by atoms with Crippen LogP contribution in [0.5, 0.6) is 11.5 Å². The number of benzene rings is 4. The van der Waals surface area contributed by atoms with Gasteiger partial charge < -0.3 is 9.47 Å². The number of esters is 1. The second kappa shape index (κ2) is 10.2. The number of nitrogens with one attached hydrogen (secondary N) is 1. The van der Waals surface area contributed by atoms with Crippen LogP contribution in [0.1, 0.15) is 33.2 Å². The molecule has 6 nitrogen and oxygen atoms in total. The van der Waals surface area contributed by atoms with Crippen LogP contribution in [0.2, 0.25) is 0 Å². The summed E-state index contributed by atoms with van der Waals surface area (Å²) in [6.07, 6.45) is 1.53. The molecule has 1 amide bonds. The quantitative estimate of drug-likeness (QED) is 0.186. The highest BCUT2D eigenvalue weighted by Gasteiger charge is 2.10. The normalized spacial score (nSPS) is 10.8. The van der Waals surface area contributed by atoms with Crippen molar-refractivity contribution in [2.45, 2.75) is 6.92 Å². The topological polar surface area (TPSA) is 77.0 Å². The van der Waals surface area contributed by atoms with Gasteiger partial charge >= 0.3 is 5.97 Å². The summed E-state index contributed by atoms with van der Waals surface area (Å²) in [7, 11) is 0. The summed E-state index contributed by atoms with van der Waals surface area (Å²) in [4.78, 5) is 24.8.